The van der Waals surface area contributed by atoms with Crippen LogP contribution >= 0.6 is 0 Å². The van der Waals surface area contributed by atoms with E-state index >= 15 is 0 Å². The van der Waals surface area contributed by atoms with E-state index in [2.05, 4.69) is 82.2 Å². The standard InChI is InChI=1S/C36H37N7O2/c1-23-26(19-33-34-27(9-11-39-33)17-25(21-41-34)20-37-13-15-44)5-3-6-30(23)31-7-4-8-32(24(31)2)43-36-35-28(10-12-40-36)18-29(22-42-35)38-14-16-45/h3-12,17-18,21-22,37-38,44-45H,13-16,19-20H2,1-2H3,(H,40,43). The zero-order chi connectivity index (χ0) is 31.2. The summed E-state index contributed by atoms with van der Waals surface area (Å²) in [6, 6.07) is 20.8. The summed E-state index contributed by atoms with van der Waals surface area (Å²) >= 11 is 0. The first-order valence-corrected chi connectivity index (χ1v) is 15.1. The molecule has 0 aliphatic heterocycles. The normalized spacial score (nSPS) is 11.3. The van der Waals surface area contributed by atoms with Crippen molar-refractivity contribution < 1.29 is 10.2 Å². The van der Waals surface area contributed by atoms with E-state index in [0.717, 1.165) is 55.6 Å². The molecule has 6 aromatic rings. The van der Waals surface area contributed by atoms with E-state index in [0.29, 0.717) is 31.9 Å². The number of aromatic nitrogens is 4. The molecule has 2 aromatic carbocycles. The van der Waals surface area contributed by atoms with Crippen molar-refractivity contribution in [1.29, 1.82) is 0 Å². The van der Waals surface area contributed by atoms with E-state index in [4.69, 9.17) is 20.2 Å². The average molecular weight is 600 g/mol. The number of nitrogens with one attached hydrogen (secondary N) is 3. The lowest BCUT2D eigenvalue weighted by Gasteiger charge is -2.17. The zero-order valence-corrected chi connectivity index (χ0v) is 25.5. The number of aliphatic hydroxyl groups is 2. The van der Waals surface area contributed by atoms with Gasteiger partial charge in [-0.2, -0.15) is 0 Å². The molecule has 4 aromatic heterocycles. The van der Waals surface area contributed by atoms with Crippen molar-refractivity contribution in [2.75, 3.05) is 36.9 Å². The molecule has 228 valence electrons. The fourth-order valence-corrected chi connectivity index (χ4v) is 5.69. The molecule has 0 atom stereocenters. The van der Waals surface area contributed by atoms with Crippen LogP contribution in [-0.4, -0.2) is 56.5 Å². The van der Waals surface area contributed by atoms with Crippen molar-refractivity contribution in [3.8, 4) is 11.1 Å². The van der Waals surface area contributed by atoms with Crippen LogP contribution in [-0.2, 0) is 13.0 Å². The fraction of sp³-hybridized carbons (Fsp3) is 0.222. The molecule has 0 unspecified atom stereocenters. The Morgan fingerprint density at radius 2 is 1.44 bits per heavy atom. The molecular formula is C36H37N7O2. The molecular weight excluding hydrogens is 562 g/mol. The number of fused-ring (bicyclic) bond motifs is 2. The minimum Gasteiger partial charge on any atom is -0.395 e. The molecule has 0 radical (unpaired) electrons. The summed E-state index contributed by atoms with van der Waals surface area (Å²) in [4.78, 5) is 18.8. The largest absolute Gasteiger partial charge is 0.395 e. The van der Waals surface area contributed by atoms with Crippen LogP contribution in [0.2, 0.25) is 0 Å². The summed E-state index contributed by atoms with van der Waals surface area (Å²) in [5.74, 6) is 0.689. The lowest BCUT2D eigenvalue weighted by atomic mass is 9.91. The van der Waals surface area contributed by atoms with Gasteiger partial charge in [0.1, 0.15) is 5.52 Å². The first-order chi connectivity index (χ1) is 22.1. The van der Waals surface area contributed by atoms with Crippen LogP contribution in [0.3, 0.4) is 0 Å². The molecule has 0 spiro atoms. The Morgan fingerprint density at radius 1 is 0.711 bits per heavy atom. The number of hydrogen-bond donors (Lipinski definition) is 5. The number of anilines is 3. The molecule has 0 aliphatic rings. The first-order valence-electron chi connectivity index (χ1n) is 15.1. The average Bonchev–Trinajstić information content (AvgIpc) is 3.06. The Labute approximate surface area is 262 Å². The summed E-state index contributed by atoms with van der Waals surface area (Å²) in [5.41, 5.74) is 11.4. The number of pyridine rings is 4. The maximum Gasteiger partial charge on any atom is 0.156 e. The number of hydrogen-bond acceptors (Lipinski definition) is 9. The van der Waals surface area contributed by atoms with E-state index in [9.17, 15) is 0 Å². The third kappa shape index (κ3) is 6.61. The van der Waals surface area contributed by atoms with Crippen molar-refractivity contribution in [2.24, 2.45) is 0 Å². The lowest BCUT2D eigenvalue weighted by molar-refractivity contribution is 0.292. The van der Waals surface area contributed by atoms with Gasteiger partial charge in [-0.25, -0.2) is 4.98 Å². The molecule has 9 heteroatoms. The maximum absolute atomic E-state index is 9.14. The highest BCUT2D eigenvalue weighted by Gasteiger charge is 2.15. The Hall–Kier alpha value is -4.96. The summed E-state index contributed by atoms with van der Waals surface area (Å²) in [6.07, 6.45) is 7.95. The molecule has 6 rings (SSSR count). The molecule has 45 heavy (non-hydrogen) atoms. The second kappa shape index (κ2) is 13.8. The monoisotopic (exact) mass is 599 g/mol. The topological polar surface area (TPSA) is 128 Å². The minimum absolute atomic E-state index is 0.0581. The van der Waals surface area contributed by atoms with E-state index in [-0.39, 0.29) is 13.2 Å². The van der Waals surface area contributed by atoms with Gasteiger partial charge in [0.25, 0.3) is 0 Å². The van der Waals surface area contributed by atoms with Crippen molar-refractivity contribution in [2.45, 2.75) is 26.8 Å². The van der Waals surface area contributed by atoms with E-state index in [1.807, 2.05) is 30.6 Å². The zero-order valence-electron chi connectivity index (χ0n) is 25.5. The third-order valence-electron chi connectivity index (χ3n) is 8.07. The summed E-state index contributed by atoms with van der Waals surface area (Å²) < 4.78 is 0. The highest BCUT2D eigenvalue weighted by Crippen LogP contribution is 2.35. The molecule has 0 amide bonds. The third-order valence-corrected chi connectivity index (χ3v) is 8.07. The Kier molecular flexibility index (Phi) is 9.21. The van der Waals surface area contributed by atoms with Crippen LogP contribution in [0.4, 0.5) is 17.2 Å². The predicted molar refractivity (Wildman–Crippen MR) is 181 cm³/mol. The number of benzene rings is 2. The SMILES string of the molecule is Cc1c(Cc2nccc3cc(CNCCO)cnc23)cccc1-c1cccc(Nc2nccc3cc(NCCO)cnc23)c1C. The molecule has 4 heterocycles. The van der Waals surface area contributed by atoms with E-state index in [1.165, 1.54) is 16.7 Å². The number of aliphatic hydroxyl groups excluding tert-OH is 2. The van der Waals surface area contributed by atoms with Gasteiger partial charge >= 0.3 is 0 Å². The maximum atomic E-state index is 9.14. The van der Waals surface area contributed by atoms with Gasteiger partial charge in [-0.05, 0) is 77.6 Å². The van der Waals surface area contributed by atoms with Crippen LogP contribution in [0.5, 0.6) is 0 Å². The summed E-state index contributed by atoms with van der Waals surface area (Å²) in [5, 5.41) is 30.1. The van der Waals surface area contributed by atoms with Gasteiger partial charge in [-0.3, -0.25) is 15.0 Å². The Bertz CT molecular complexity index is 1960. The second-order valence-electron chi connectivity index (χ2n) is 11.0. The molecule has 0 aliphatic carbocycles. The number of nitrogens with zero attached hydrogens (tertiary/aromatic N) is 4. The first kappa shape index (κ1) is 30.1. The van der Waals surface area contributed by atoms with Gasteiger partial charge < -0.3 is 26.2 Å². The predicted octanol–water partition coefficient (Wildman–Crippen LogP) is 5.68. The van der Waals surface area contributed by atoms with Crippen LogP contribution in [0.15, 0.2) is 85.5 Å². The fourth-order valence-electron chi connectivity index (χ4n) is 5.69. The smallest absolute Gasteiger partial charge is 0.156 e. The molecule has 5 N–H and O–H groups in total. The van der Waals surface area contributed by atoms with Crippen molar-refractivity contribution >= 4 is 39.0 Å². The van der Waals surface area contributed by atoms with E-state index in [1.54, 1.807) is 12.4 Å². The molecule has 0 bridgehead atoms. The quantitative estimate of drug-likeness (QED) is 0.113. The minimum atomic E-state index is 0.0581. The van der Waals surface area contributed by atoms with E-state index < -0.39 is 0 Å². The summed E-state index contributed by atoms with van der Waals surface area (Å²) in [7, 11) is 0. The molecule has 0 fully saturated rings. The van der Waals surface area contributed by atoms with Gasteiger partial charge in [-0.1, -0.05) is 30.3 Å². The van der Waals surface area contributed by atoms with Gasteiger partial charge in [0, 0.05) is 61.1 Å². The van der Waals surface area contributed by atoms with Gasteiger partial charge in [0.15, 0.2) is 5.82 Å². The lowest BCUT2D eigenvalue weighted by Crippen LogP contribution is -2.17. The van der Waals surface area contributed by atoms with Crippen LogP contribution in [0.1, 0.15) is 27.9 Å². The van der Waals surface area contributed by atoms with Crippen molar-refractivity contribution in [1.82, 2.24) is 25.3 Å². The highest BCUT2D eigenvalue weighted by molar-refractivity contribution is 5.92. The molecule has 0 saturated heterocycles. The highest BCUT2D eigenvalue weighted by atomic mass is 16.3. The second-order valence-corrected chi connectivity index (χ2v) is 11.0. The Balaban J connectivity index is 1.28. The molecule has 9 nitrogen and oxygen atoms in total. The van der Waals surface area contributed by atoms with Gasteiger partial charge in [0.2, 0.25) is 0 Å². The molecule has 0 saturated carbocycles. The van der Waals surface area contributed by atoms with Crippen LogP contribution in [0.25, 0.3) is 32.9 Å². The van der Waals surface area contributed by atoms with Crippen LogP contribution in [0, 0.1) is 13.8 Å². The number of rotatable bonds is 12. The van der Waals surface area contributed by atoms with Gasteiger partial charge in [0.05, 0.1) is 36.3 Å². The van der Waals surface area contributed by atoms with Gasteiger partial charge in [-0.15, -0.1) is 0 Å². The van der Waals surface area contributed by atoms with Crippen molar-refractivity contribution in [3.05, 3.63) is 113 Å². The van der Waals surface area contributed by atoms with Crippen LogP contribution < -0.4 is 16.0 Å². The van der Waals surface area contributed by atoms with Crippen molar-refractivity contribution in [3.63, 3.8) is 0 Å². The Morgan fingerprint density at radius 3 is 2.27 bits per heavy atom. The summed E-state index contributed by atoms with van der Waals surface area (Å²) in [6.45, 7) is 6.15.